The van der Waals surface area contributed by atoms with Gasteiger partial charge in [0.15, 0.2) is 0 Å². The minimum absolute atomic E-state index is 0.188. The number of nitrogens with one attached hydrogen (secondary N) is 1. The van der Waals surface area contributed by atoms with Gasteiger partial charge < -0.3 is 10.4 Å². The first kappa shape index (κ1) is 16.9. The summed E-state index contributed by atoms with van der Waals surface area (Å²) in [4.78, 5) is 12.5. The molecule has 25 heavy (non-hydrogen) atoms. The summed E-state index contributed by atoms with van der Waals surface area (Å²) in [5.74, 6) is -0.188. The van der Waals surface area contributed by atoms with Gasteiger partial charge in [0.05, 0.1) is 23.6 Å². The van der Waals surface area contributed by atoms with E-state index in [4.69, 9.17) is 0 Å². The van der Waals surface area contributed by atoms with Gasteiger partial charge in [-0.3, -0.25) is 9.48 Å². The van der Waals surface area contributed by atoms with Crippen LogP contribution in [0.5, 0.6) is 0 Å². The van der Waals surface area contributed by atoms with E-state index in [9.17, 15) is 9.90 Å². The second-order valence-corrected chi connectivity index (χ2v) is 5.87. The van der Waals surface area contributed by atoms with Crippen LogP contribution in [0.4, 0.5) is 0 Å². The van der Waals surface area contributed by atoms with E-state index in [1.807, 2.05) is 67.7 Å². The third kappa shape index (κ3) is 3.95. The zero-order valence-electron chi connectivity index (χ0n) is 14.1. The van der Waals surface area contributed by atoms with Crippen molar-refractivity contribution in [2.45, 2.75) is 12.5 Å². The molecule has 0 saturated carbocycles. The molecule has 2 aromatic carbocycles. The fourth-order valence-electron chi connectivity index (χ4n) is 2.80. The molecule has 128 valence electrons. The highest BCUT2D eigenvalue weighted by Gasteiger charge is 2.17. The van der Waals surface area contributed by atoms with Gasteiger partial charge in [-0.05, 0) is 12.0 Å². The monoisotopic (exact) mass is 335 g/mol. The lowest BCUT2D eigenvalue weighted by Crippen LogP contribution is -2.26. The average Bonchev–Trinajstić information content (AvgIpc) is 3.04. The third-order valence-electron chi connectivity index (χ3n) is 4.12. The number of hydrogen-bond acceptors (Lipinski definition) is 3. The van der Waals surface area contributed by atoms with Crippen molar-refractivity contribution in [1.82, 2.24) is 15.1 Å². The lowest BCUT2D eigenvalue weighted by atomic mass is 10.1. The second-order valence-electron chi connectivity index (χ2n) is 5.87. The number of aryl methyl sites for hydroxylation is 1. The molecule has 0 saturated heterocycles. The van der Waals surface area contributed by atoms with Gasteiger partial charge in [-0.1, -0.05) is 60.7 Å². The van der Waals surface area contributed by atoms with E-state index in [1.54, 1.807) is 10.9 Å². The van der Waals surface area contributed by atoms with Crippen LogP contribution in [0.15, 0.2) is 66.9 Å². The molecule has 0 spiro atoms. The molecule has 0 aliphatic heterocycles. The highest BCUT2D eigenvalue weighted by Crippen LogP contribution is 2.23. The van der Waals surface area contributed by atoms with Gasteiger partial charge in [0.1, 0.15) is 0 Å². The molecule has 0 fully saturated rings. The number of aliphatic hydroxyl groups excluding tert-OH is 1. The van der Waals surface area contributed by atoms with Crippen molar-refractivity contribution in [1.29, 1.82) is 0 Å². The van der Waals surface area contributed by atoms with E-state index in [0.29, 0.717) is 18.5 Å². The number of carbonyl (C=O) groups excluding carboxylic acids is 1. The van der Waals surface area contributed by atoms with Gasteiger partial charge in [0.25, 0.3) is 5.91 Å². The molecule has 0 aliphatic carbocycles. The Hall–Kier alpha value is -2.92. The molecular formula is C20H21N3O2. The molecule has 0 radical (unpaired) electrons. The van der Waals surface area contributed by atoms with Crippen LogP contribution < -0.4 is 5.32 Å². The van der Waals surface area contributed by atoms with E-state index in [0.717, 1.165) is 16.8 Å². The topological polar surface area (TPSA) is 67.2 Å². The number of nitrogens with zero attached hydrogens (tertiary/aromatic N) is 2. The molecule has 3 rings (SSSR count). The number of carbonyl (C=O) groups is 1. The maximum atomic E-state index is 12.5. The summed E-state index contributed by atoms with van der Waals surface area (Å²) in [5, 5.41) is 17.3. The molecule has 1 heterocycles. The summed E-state index contributed by atoms with van der Waals surface area (Å²) < 4.78 is 1.70. The second kappa shape index (κ2) is 7.77. The first-order valence-corrected chi connectivity index (χ1v) is 8.25. The number of benzene rings is 2. The smallest absolute Gasteiger partial charge is 0.255 e. The van der Waals surface area contributed by atoms with Crippen LogP contribution in [0.1, 0.15) is 28.4 Å². The highest BCUT2D eigenvalue weighted by atomic mass is 16.3. The SMILES string of the molecule is Cn1ncc(C(=O)NCC[C@H](O)c2ccccc2)c1-c1ccccc1. The van der Waals surface area contributed by atoms with Crippen LogP contribution in [0.25, 0.3) is 11.3 Å². The van der Waals surface area contributed by atoms with E-state index >= 15 is 0 Å². The number of aliphatic hydroxyl groups is 1. The standard InChI is InChI=1S/C20H21N3O2/c1-23-19(16-10-6-3-7-11-16)17(14-22-23)20(25)21-13-12-18(24)15-8-4-2-5-9-15/h2-11,14,18,24H,12-13H2,1H3,(H,21,25)/t18-/m0/s1. The van der Waals surface area contributed by atoms with Crippen molar-refractivity contribution >= 4 is 5.91 Å². The Kier molecular flexibility index (Phi) is 5.26. The van der Waals surface area contributed by atoms with Crippen LogP contribution >= 0.6 is 0 Å². The van der Waals surface area contributed by atoms with Crippen molar-refractivity contribution in [3.63, 3.8) is 0 Å². The lowest BCUT2D eigenvalue weighted by Gasteiger charge is -2.12. The van der Waals surface area contributed by atoms with Gasteiger partial charge in [-0.2, -0.15) is 5.10 Å². The Morgan fingerprint density at radius 3 is 2.44 bits per heavy atom. The summed E-state index contributed by atoms with van der Waals surface area (Å²) in [6, 6.07) is 19.1. The maximum Gasteiger partial charge on any atom is 0.255 e. The summed E-state index contributed by atoms with van der Waals surface area (Å²) >= 11 is 0. The average molecular weight is 335 g/mol. The first-order chi connectivity index (χ1) is 12.2. The van der Waals surface area contributed by atoms with E-state index < -0.39 is 6.10 Å². The predicted octanol–water partition coefficient (Wildman–Crippen LogP) is 2.94. The van der Waals surface area contributed by atoms with E-state index in [2.05, 4.69) is 10.4 Å². The van der Waals surface area contributed by atoms with E-state index in [-0.39, 0.29) is 5.91 Å². The Bertz CT molecular complexity index is 829. The predicted molar refractivity (Wildman–Crippen MR) is 97.0 cm³/mol. The van der Waals surface area contributed by atoms with Crippen LogP contribution in [-0.4, -0.2) is 27.3 Å². The Balaban J connectivity index is 1.65. The molecule has 0 bridgehead atoms. The van der Waals surface area contributed by atoms with Crippen molar-refractivity contribution < 1.29 is 9.90 Å². The van der Waals surface area contributed by atoms with Gasteiger partial charge in [0, 0.05) is 19.2 Å². The Morgan fingerprint density at radius 1 is 1.12 bits per heavy atom. The lowest BCUT2D eigenvalue weighted by molar-refractivity contribution is 0.0943. The Morgan fingerprint density at radius 2 is 1.76 bits per heavy atom. The molecule has 1 atom stereocenters. The van der Waals surface area contributed by atoms with Gasteiger partial charge in [-0.15, -0.1) is 0 Å². The molecule has 1 aromatic heterocycles. The quantitative estimate of drug-likeness (QED) is 0.728. The van der Waals surface area contributed by atoms with Gasteiger partial charge in [0.2, 0.25) is 0 Å². The summed E-state index contributed by atoms with van der Waals surface area (Å²) in [7, 11) is 1.82. The minimum Gasteiger partial charge on any atom is -0.388 e. The number of rotatable bonds is 6. The first-order valence-electron chi connectivity index (χ1n) is 8.25. The van der Waals surface area contributed by atoms with Crippen molar-refractivity contribution in [2.24, 2.45) is 7.05 Å². The van der Waals surface area contributed by atoms with Gasteiger partial charge in [-0.25, -0.2) is 0 Å². The minimum atomic E-state index is -0.594. The third-order valence-corrected chi connectivity index (χ3v) is 4.12. The Labute approximate surface area is 146 Å². The van der Waals surface area contributed by atoms with Crippen LogP contribution in [-0.2, 0) is 7.05 Å². The number of aromatic nitrogens is 2. The molecule has 5 nitrogen and oxygen atoms in total. The zero-order chi connectivity index (χ0) is 17.6. The number of hydrogen-bond donors (Lipinski definition) is 2. The molecular weight excluding hydrogens is 314 g/mol. The highest BCUT2D eigenvalue weighted by molar-refractivity contribution is 5.99. The normalized spacial score (nSPS) is 11.9. The van der Waals surface area contributed by atoms with Crippen molar-refractivity contribution in [3.05, 3.63) is 78.0 Å². The van der Waals surface area contributed by atoms with E-state index in [1.165, 1.54) is 0 Å². The fourth-order valence-corrected chi connectivity index (χ4v) is 2.80. The summed E-state index contributed by atoms with van der Waals surface area (Å²) in [6.07, 6.45) is 1.44. The molecule has 2 N–H and O–H groups in total. The van der Waals surface area contributed by atoms with Crippen molar-refractivity contribution in [2.75, 3.05) is 6.54 Å². The van der Waals surface area contributed by atoms with Crippen LogP contribution in [0.2, 0.25) is 0 Å². The van der Waals surface area contributed by atoms with Crippen LogP contribution in [0, 0.1) is 0 Å². The maximum absolute atomic E-state index is 12.5. The molecule has 0 unspecified atom stereocenters. The molecule has 0 aliphatic rings. The summed E-state index contributed by atoms with van der Waals surface area (Å²) in [5.41, 5.74) is 3.10. The molecule has 5 heteroatoms. The molecule has 1 amide bonds. The van der Waals surface area contributed by atoms with Crippen LogP contribution in [0.3, 0.4) is 0 Å². The van der Waals surface area contributed by atoms with Crippen molar-refractivity contribution in [3.8, 4) is 11.3 Å². The largest absolute Gasteiger partial charge is 0.388 e. The fraction of sp³-hybridized carbons (Fsp3) is 0.200. The zero-order valence-corrected chi connectivity index (χ0v) is 14.1. The molecule has 3 aromatic rings. The van der Waals surface area contributed by atoms with Gasteiger partial charge >= 0.3 is 0 Å². The summed E-state index contributed by atoms with van der Waals surface area (Å²) in [6.45, 7) is 0.387. The number of amides is 1.